The summed E-state index contributed by atoms with van der Waals surface area (Å²) in [6.07, 6.45) is 3.48. The molecule has 0 aromatic carbocycles. The Morgan fingerprint density at radius 1 is 1.67 bits per heavy atom. The number of aromatic carboxylic acids is 1. The highest BCUT2D eigenvalue weighted by Crippen LogP contribution is 2.34. The number of fused-ring (bicyclic) bond motifs is 3. The summed E-state index contributed by atoms with van der Waals surface area (Å²) in [5.41, 5.74) is 1.91. The molecule has 0 bridgehead atoms. The Morgan fingerprint density at radius 2 is 2.53 bits per heavy atom. The molecule has 0 aliphatic carbocycles. The van der Waals surface area contributed by atoms with E-state index < -0.39 is 5.97 Å². The Bertz CT molecular complexity index is 543. The predicted molar refractivity (Wildman–Crippen MR) is 55.7 cm³/mol. The van der Waals surface area contributed by atoms with Crippen LogP contribution in [-0.2, 0) is 6.54 Å². The van der Waals surface area contributed by atoms with Gasteiger partial charge in [-0.25, -0.2) is 9.78 Å². The number of carbonyl (C=O) groups is 1. The highest BCUT2D eigenvalue weighted by atomic mass is 32.1. The van der Waals surface area contributed by atoms with Crippen molar-refractivity contribution in [2.75, 3.05) is 5.32 Å². The molecule has 1 aliphatic rings. The molecule has 5 nitrogen and oxygen atoms in total. The number of thiophene rings is 1. The smallest absolute Gasteiger partial charge is 0.346 e. The van der Waals surface area contributed by atoms with Crippen LogP contribution in [0.25, 0.3) is 5.00 Å². The molecule has 2 aromatic rings. The highest BCUT2D eigenvalue weighted by molar-refractivity contribution is 7.17. The molecule has 2 aromatic heterocycles. The Morgan fingerprint density at radius 3 is 3.33 bits per heavy atom. The normalized spacial score (nSPS) is 12.8. The van der Waals surface area contributed by atoms with Crippen molar-refractivity contribution in [2.45, 2.75) is 6.54 Å². The van der Waals surface area contributed by atoms with Gasteiger partial charge in [-0.3, -0.25) is 4.57 Å². The van der Waals surface area contributed by atoms with Gasteiger partial charge in [0.1, 0.15) is 16.2 Å². The standard InChI is InChI=1S/C9H7N3O2S/c13-9(14)7-1-6-8(15-7)12-4-10-2-5(12)3-11-6/h1-2,4,11H,3H2,(H,13,14). The van der Waals surface area contributed by atoms with E-state index in [0.29, 0.717) is 11.4 Å². The van der Waals surface area contributed by atoms with Gasteiger partial charge in [0.2, 0.25) is 0 Å². The van der Waals surface area contributed by atoms with Crippen LogP contribution >= 0.6 is 11.3 Å². The molecule has 6 heteroatoms. The van der Waals surface area contributed by atoms with E-state index in [1.165, 1.54) is 11.3 Å². The van der Waals surface area contributed by atoms with Gasteiger partial charge in [-0.1, -0.05) is 0 Å². The molecule has 76 valence electrons. The third-order valence-corrected chi connectivity index (χ3v) is 3.44. The minimum absolute atomic E-state index is 0.342. The summed E-state index contributed by atoms with van der Waals surface area (Å²) in [6.45, 7) is 0.683. The van der Waals surface area contributed by atoms with Gasteiger partial charge in [-0.05, 0) is 6.07 Å². The largest absolute Gasteiger partial charge is 0.477 e. The van der Waals surface area contributed by atoms with E-state index in [-0.39, 0.29) is 0 Å². The molecule has 0 saturated carbocycles. The third kappa shape index (κ3) is 1.15. The maximum Gasteiger partial charge on any atom is 0.346 e. The topological polar surface area (TPSA) is 67.1 Å². The summed E-state index contributed by atoms with van der Waals surface area (Å²) >= 11 is 1.25. The molecule has 0 spiro atoms. The quantitative estimate of drug-likeness (QED) is 0.766. The van der Waals surface area contributed by atoms with Crippen molar-refractivity contribution >= 4 is 23.0 Å². The van der Waals surface area contributed by atoms with Gasteiger partial charge in [0, 0.05) is 0 Å². The van der Waals surface area contributed by atoms with E-state index in [4.69, 9.17) is 5.11 Å². The lowest BCUT2D eigenvalue weighted by molar-refractivity contribution is 0.0702. The van der Waals surface area contributed by atoms with Gasteiger partial charge in [-0.2, -0.15) is 0 Å². The van der Waals surface area contributed by atoms with Gasteiger partial charge < -0.3 is 10.4 Å². The van der Waals surface area contributed by atoms with Gasteiger partial charge >= 0.3 is 5.97 Å². The van der Waals surface area contributed by atoms with Crippen LogP contribution in [-0.4, -0.2) is 20.6 Å². The third-order valence-electron chi connectivity index (χ3n) is 2.32. The van der Waals surface area contributed by atoms with Crippen molar-refractivity contribution in [1.82, 2.24) is 9.55 Å². The van der Waals surface area contributed by atoms with Crippen molar-refractivity contribution in [3.05, 3.63) is 29.2 Å². The summed E-state index contributed by atoms with van der Waals surface area (Å²) < 4.78 is 1.92. The minimum Gasteiger partial charge on any atom is -0.477 e. The molecular formula is C9H7N3O2S. The van der Waals surface area contributed by atoms with Crippen LogP contribution in [0.4, 0.5) is 5.69 Å². The van der Waals surface area contributed by atoms with E-state index in [1.54, 1.807) is 18.6 Å². The Labute approximate surface area is 89.0 Å². The van der Waals surface area contributed by atoms with E-state index in [2.05, 4.69) is 10.3 Å². The summed E-state index contributed by atoms with van der Waals surface area (Å²) in [5, 5.41) is 13.0. The SMILES string of the molecule is O=C(O)c1cc2c(s1)-n1cncc1CN2. The number of nitrogens with zero attached hydrogens (tertiary/aromatic N) is 2. The average Bonchev–Trinajstić information content (AvgIpc) is 2.82. The number of carboxylic acids is 1. The zero-order valence-electron chi connectivity index (χ0n) is 7.60. The molecule has 3 heterocycles. The summed E-state index contributed by atoms with van der Waals surface area (Å²) in [5.74, 6) is -0.891. The molecule has 0 radical (unpaired) electrons. The van der Waals surface area contributed by atoms with Crippen molar-refractivity contribution < 1.29 is 9.90 Å². The van der Waals surface area contributed by atoms with Crippen LogP contribution in [0.1, 0.15) is 15.4 Å². The predicted octanol–water partition coefficient (Wildman–Crippen LogP) is 1.56. The molecule has 15 heavy (non-hydrogen) atoms. The van der Waals surface area contributed by atoms with E-state index in [1.807, 2.05) is 4.57 Å². The number of aromatic nitrogens is 2. The van der Waals surface area contributed by atoms with Crippen LogP contribution < -0.4 is 5.32 Å². The van der Waals surface area contributed by atoms with E-state index in [9.17, 15) is 4.79 Å². The van der Waals surface area contributed by atoms with Crippen molar-refractivity contribution in [2.24, 2.45) is 0 Å². The number of anilines is 1. The Balaban J connectivity index is 2.20. The summed E-state index contributed by atoms with van der Waals surface area (Å²) in [6, 6.07) is 1.66. The molecule has 0 saturated heterocycles. The van der Waals surface area contributed by atoms with Crippen molar-refractivity contribution in [1.29, 1.82) is 0 Å². The van der Waals surface area contributed by atoms with Gasteiger partial charge in [0.15, 0.2) is 0 Å². The molecule has 1 aliphatic heterocycles. The zero-order chi connectivity index (χ0) is 10.4. The first kappa shape index (κ1) is 8.49. The Hall–Kier alpha value is -1.82. The van der Waals surface area contributed by atoms with Gasteiger partial charge in [0.05, 0.1) is 24.1 Å². The number of carboxylic acid groups (broad SMARTS) is 1. The van der Waals surface area contributed by atoms with Crippen molar-refractivity contribution in [3.63, 3.8) is 0 Å². The second kappa shape index (κ2) is 2.83. The first-order valence-electron chi connectivity index (χ1n) is 4.38. The maximum atomic E-state index is 10.8. The van der Waals surface area contributed by atoms with Crippen LogP contribution in [0.2, 0.25) is 0 Å². The molecule has 0 atom stereocenters. The minimum atomic E-state index is -0.891. The number of rotatable bonds is 1. The van der Waals surface area contributed by atoms with Crippen LogP contribution in [0.5, 0.6) is 0 Å². The molecule has 0 fully saturated rings. The lowest BCUT2D eigenvalue weighted by Crippen LogP contribution is -2.11. The lowest BCUT2D eigenvalue weighted by atomic mass is 10.3. The van der Waals surface area contributed by atoms with Crippen LogP contribution in [0.15, 0.2) is 18.6 Å². The zero-order valence-corrected chi connectivity index (χ0v) is 8.41. The average molecular weight is 221 g/mol. The number of imidazole rings is 1. The Kier molecular flexibility index (Phi) is 1.60. The van der Waals surface area contributed by atoms with Gasteiger partial charge in [0.25, 0.3) is 0 Å². The number of hydrogen-bond acceptors (Lipinski definition) is 4. The lowest BCUT2D eigenvalue weighted by Gasteiger charge is -2.15. The molecule has 0 amide bonds. The molecule has 3 rings (SSSR count). The fourth-order valence-corrected chi connectivity index (χ4v) is 2.59. The second-order valence-corrected chi connectivity index (χ2v) is 4.27. The first-order valence-corrected chi connectivity index (χ1v) is 5.20. The van der Waals surface area contributed by atoms with Gasteiger partial charge in [-0.15, -0.1) is 11.3 Å². The first-order chi connectivity index (χ1) is 7.25. The molecule has 2 N–H and O–H groups in total. The fourth-order valence-electron chi connectivity index (χ4n) is 1.61. The molecule has 0 unspecified atom stereocenters. The number of nitrogens with one attached hydrogen (secondary N) is 1. The van der Waals surface area contributed by atoms with E-state index >= 15 is 0 Å². The monoisotopic (exact) mass is 221 g/mol. The summed E-state index contributed by atoms with van der Waals surface area (Å²) in [4.78, 5) is 15.2. The molecular weight excluding hydrogens is 214 g/mol. The van der Waals surface area contributed by atoms with Crippen LogP contribution in [0, 0.1) is 0 Å². The number of hydrogen-bond donors (Lipinski definition) is 2. The van der Waals surface area contributed by atoms with Crippen molar-refractivity contribution in [3.8, 4) is 5.00 Å². The van der Waals surface area contributed by atoms with Crippen LogP contribution in [0.3, 0.4) is 0 Å². The maximum absolute atomic E-state index is 10.8. The second-order valence-electron chi connectivity index (χ2n) is 3.24. The fraction of sp³-hybridized carbons (Fsp3) is 0.111. The van der Waals surface area contributed by atoms with E-state index in [0.717, 1.165) is 16.4 Å². The summed E-state index contributed by atoms with van der Waals surface area (Å²) in [7, 11) is 0. The highest BCUT2D eigenvalue weighted by Gasteiger charge is 2.20.